The van der Waals surface area contributed by atoms with Crippen LogP contribution in [-0.2, 0) is 21.2 Å². The molecule has 0 N–H and O–H groups in total. The van der Waals surface area contributed by atoms with Gasteiger partial charge in [0.05, 0.1) is 5.75 Å². The Bertz CT molecular complexity index is 634. The first-order chi connectivity index (χ1) is 10.8. The van der Waals surface area contributed by atoms with E-state index in [2.05, 4.69) is 15.9 Å². The van der Waals surface area contributed by atoms with Crippen molar-refractivity contribution in [2.24, 2.45) is 0 Å². The fourth-order valence-electron chi connectivity index (χ4n) is 2.17. The van der Waals surface area contributed by atoms with E-state index in [-0.39, 0.29) is 12.3 Å². The Morgan fingerprint density at radius 2 is 1.96 bits per heavy atom. The second-order valence-electron chi connectivity index (χ2n) is 5.44. The normalized spacial score (nSPS) is 11.5. The van der Waals surface area contributed by atoms with Crippen molar-refractivity contribution in [2.45, 2.75) is 39.7 Å². The van der Waals surface area contributed by atoms with Crippen LogP contribution < -0.4 is 0 Å². The molecule has 0 radical (unpaired) electrons. The van der Waals surface area contributed by atoms with E-state index in [9.17, 15) is 17.6 Å². The second-order valence-corrected chi connectivity index (χ2v) is 8.54. The van der Waals surface area contributed by atoms with Crippen molar-refractivity contribution >= 4 is 31.7 Å². The van der Waals surface area contributed by atoms with E-state index in [0.29, 0.717) is 23.0 Å². The topological polar surface area (TPSA) is 54.5 Å². The molecule has 1 rings (SSSR count). The summed E-state index contributed by atoms with van der Waals surface area (Å²) in [6.07, 6.45) is 2.32. The van der Waals surface area contributed by atoms with Gasteiger partial charge in [0.15, 0.2) is 9.84 Å². The molecule has 1 aromatic carbocycles. The minimum Gasteiger partial charge on any atom is -0.338 e. The van der Waals surface area contributed by atoms with Gasteiger partial charge < -0.3 is 4.90 Å². The summed E-state index contributed by atoms with van der Waals surface area (Å²) in [5.41, 5.74) is 0.359. The van der Waals surface area contributed by atoms with Crippen molar-refractivity contribution in [1.29, 1.82) is 0 Å². The Labute approximate surface area is 146 Å². The first-order valence-corrected chi connectivity index (χ1v) is 10.3. The third kappa shape index (κ3) is 6.99. The van der Waals surface area contributed by atoms with Gasteiger partial charge in [-0.2, -0.15) is 0 Å². The van der Waals surface area contributed by atoms with Gasteiger partial charge in [-0.25, -0.2) is 12.8 Å². The molecule has 0 aliphatic carbocycles. The molecule has 0 aromatic heterocycles. The van der Waals surface area contributed by atoms with Crippen molar-refractivity contribution in [1.82, 2.24) is 4.90 Å². The summed E-state index contributed by atoms with van der Waals surface area (Å²) in [6, 6.07) is 4.50. The minimum absolute atomic E-state index is 0.0232. The smallest absolute Gasteiger partial charge is 0.238 e. The minimum atomic E-state index is -3.41. The van der Waals surface area contributed by atoms with Crippen LogP contribution >= 0.6 is 15.9 Å². The molecule has 130 valence electrons. The van der Waals surface area contributed by atoms with Gasteiger partial charge in [0.25, 0.3) is 0 Å². The monoisotopic (exact) mass is 407 g/mol. The number of amides is 1. The first kappa shape index (κ1) is 20.1. The number of hydrogen-bond donors (Lipinski definition) is 0. The van der Waals surface area contributed by atoms with Gasteiger partial charge in [-0.1, -0.05) is 35.7 Å². The molecule has 23 heavy (non-hydrogen) atoms. The van der Waals surface area contributed by atoms with E-state index < -0.39 is 27.3 Å². The lowest BCUT2D eigenvalue weighted by molar-refractivity contribution is -0.128. The molecule has 0 bridgehead atoms. The van der Waals surface area contributed by atoms with Crippen LogP contribution in [0, 0.1) is 5.82 Å². The highest BCUT2D eigenvalue weighted by molar-refractivity contribution is 9.10. The number of halogens is 2. The fourth-order valence-corrected chi connectivity index (χ4v) is 3.93. The fraction of sp³-hybridized carbons (Fsp3) is 0.562. The van der Waals surface area contributed by atoms with Gasteiger partial charge in [-0.3, -0.25) is 4.79 Å². The van der Waals surface area contributed by atoms with Gasteiger partial charge >= 0.3 is 0 Å². The molecular weight excluding hydrogens is 385 g/mol. The lowest BCUT2D eigenvalue weighted by atomic mass is 10.2. The van der Waals surface area contributed by atoms with Crippen LogP contribution in [0.2, 0.25) is 0 Å². The molecule has 0 spiro atoms. The van der Waals surface area contributed by atoms with Crippen LogP contribution in [0.3, 0.4) is 0 Å². The summed E-state index contributed by atoms with van der Waals surface area (Å²) < 4.78 is 38.5. The molecule has 0 aliphatic heterocycles. The Morgan fingerprint density at radius 1 is 1.26 bits per heavy atom. The van der Waals surface area contributed by atoms with Gasteiger partial charge in [-0.05, 0) is 31.5 Å². The molecule has 1 aromatic rings. The zero-order valence-corrected chi connectivity index (χ0v) is 15.9. The Hall–Kier alpha value is -0.950. The summed E-state index contributed by atoms with van der Waals surface area (Å²) in [5, 5.41) is 0. The summed E-state index contributed by atoms with van der Waals surface area (Å²) in [5.74, 6) is -1.39. The second kappa shape index (κ2) is 9.37. The number of hydrogen-bond acceptors (Lipinski definition) is 3. The third-order valence-corrected chi connectivity index (χ3v) is 5.60. The Balaban J connectivity index is 2.73. The number of benzene rings is 1. The summed E-state index contributed by atoms with van der Waals surface area (Å²) in [4.78, 5) is 13.6. The van der Waals surface area contributed by atoms with Crippen molar-refractivity contribution in [3.8, 4) is 0 Å². The maximum absolute atomic E-state index is 13.8. The van der Waals surface area contributed by atoms with E-state index in [1.165, 1.54) is 11.0 Å². The van der Waals surface area contributed by atoms with Crippen molar-refractivity contribution < 1.29 is 17.6 Å². The summed E-state index contributed by atoms with van der Waals surface area (Å²) in [7, 11) is -3.41. The molecular formula is C16H23BrFNO3S. The quantitative estimate of drug-likeness (QED) is 0.588. The lowest BCUT2D eigenvalue weighted by Gasteiger charge is -2.21. The molecule has 0 fully saturated rings. The lowest BCUT2D eigenvalue weighted by Crippen LogP contribution is -2.36. The molecule has 0 unspecified atom stereocenters. The largest absolute Gasteiger partial charge is 0.338 e. The van der Waals surface area contributed by atoms with Crippen molar-refractivity contribution in [3.05, 3.63) is 34.1 Å². The van der Waals surface area contributed by atoms with Crippen LogP contribution in [0.15, 0.2) is 22.7 Å². The third-order valence-electron chi connectivity index (χ3n) is 3.51. The van der Waals surface area contributed by atoms with Gasteiger partial charge in [0, 0.05) is 23.1 Å². The van der Waals surface area contributed by atoms with Crippen molar-refractivity contribution in [3.63, 3.8) is 0 Å². The summed E-state index contributed by atoms with van der Waals surface area (Å²) in [6.45, 7) is 4.13. The van der Waals surface area contributed by atoms with Crippen molar-refractivity contribution in [2.75, 3.05) is 18.1 Å². The average Bonchev–Trinajstić information content (AvgIpc) is 2.47. The molecule has 0 saturated carbocycles. The number of sulfone groups is 1. The molecule has 0 saturated heterocycles. The van der Waals surface area contributed by atoms with Gasteiger partial charge in [0.2, 0.25) is 5.91 Å². The molecule has 0 atom stereocenters. The average molecular weight is 408 g/mol. The molecule has 1 amide bonds. The SMILES string of the molecule is CCCCCS(=O)(=O)CC(=O)N(CC)Cc1cc(Br)ccc1F. The standard InChI is InChI=1S/C16H23BrFNO3S/c1-3-5-6-9-23(21,22)12-16(20)19(4-2)11-13-10-14(17)7-8-15(13)18/h7-8,10H,3-6,9,11-12H2,1-2H3. The van der Waals surface area contributed by atoms with Crippen LogP contribution in [0.5, 0.6) is 0 Å². The predicted octanol–water partition coefficient (Wildman–Crippen LogP) is 3.54. The summed E-state index contributed by atoms with van der Waals surface area (Å²) >= 11 is 3.26. The van der Waals surface area contributed by atoms with E-state index in [0.717, 1.165) is 12.8 Å². The van der Waals surface area contributed by atoms with Crippen LogP contribution in [0.4, 0.5) is 4.39 Å². The number of carbonyl (C=O) groups is 1. The van der Waals surface area contributed by atoms with Gasteiger partial charge in [0.1, 0.15) is 11.6 Å². The van der Waals surface area contributed by atoms with Crippen LogP contribution in [0.25, 0.3) is 0 Å². The highest BCUT2D eigenvalue weighted by Crippen LogP contribution is 2.17. The number of rotatable bonds is 9. The highest BCUT2D eigenvalue weighted by Gasteiger charge is 2.21. The number of nitrogens with zero attached hydrogens (tertiary/aromatic N) is 1. The van der Waals surface area contributed by atoms with E-state index in [1.54, 1.807) is 19.1 Å². The number of carbonyl (C=O) groups excluding carboxylic acids is 1. The zero-order chi connectivity index (χ0) is 17.5. The molecule has 0 heterocycles. The van der Waals surface area contributed by atoms with E-state index in [4.69, 9.17) is 0 Å². The van der Waals surface area contributed by atoms with Crippen LogP contribution in [-0.4, -0.2) is 37.3 Å². The van der Waals surface area contributed by atoms with E-state index in [1.807, 2.05) is 6.92 Å². The highest BCUT2D eigenvalue weighted by atomic mass is 79.9. The number of unbranched alkanes of at least 4 members (excludes halogenated alkanes) is 2. The first-order valence-electron chi connectivity index (χ1n) is 7.71. The molecule has 4 nitrogen and oxygen atoms in total. The Morgan fingerprint density at radius 3 is 2.57 bits per heavy atom. The molecule has 7 heteroatoms. The maximum atomic E-state index is 13.8. The zero-order valence-electron chi connectivity index (χ0n) is 13.5. The van der Waals surface area contributed by atoms with E-state index >= 15 is 0 Å². The molecule has 0 aliphatic rings. The van der Waals surface area contributed by atoms with Crippen LogP contribution in [0.1, 0.15) is 38.7 Å². The Kier molecular flexibility index (Phi) is 8.19. The maximum Gasteiger partial charge on any atom is 0.238 e. The van der Waals surface area contributed by atoms with Gasteiger partial charge in [-0.15, -0.1) is 0 Å². The predicted molar refractivity (Wildman–Crippen MR) is 93.4 cm³/mol.